The van der Waals surface area contributed by atoms with Crippen LogP contribution in [0.15, 0.2) is 42.7 Å². The summed E-state index contributed by atoms with van der Waals surface area (Å²) in [6.07, 6.45) is 3.65. The van der Waals surface area contributed by atoms with Crippen molar-refractivity contribution in [3.05, 3.63) is 53.9 Å². The molecule has 0 bridgehead atoms. The van der Waals surface area contributed by atoms with Crippen molar-refractivity contribution in [3.8, 4) is 0 Å². The molecule has 1 heterocycles. The van der Waals surface area contributed by atoms with E-state index in [1.807, 2.05) is 41.2 Å². The largest absolute Gasteiger partial charge is 0.383 e. The molecule has 0 fully saturated rings. The number of benzene rings is 1. The van der Waals surface area contributed by atoms with Crippen LogP contribution in [-0.2, 0) is 22.6 Å². The lowest BCUT2D eigenvalue weighted by Crippen LogP contribution is -2.43. The van der Waals surface area contributed by atoms with Crippen molar-refractivity contribution < 1.29 is 9.53 Å². The Morgan fingerprint density at radius 1 is 1.38 bits per heavy atom. The van der Waals surface area contributed by atoms with Crippen LogP contribution < -0.4 is 11.1 Å². The Kier molecular flexibility index (Phi) is 5.48. The zero-order valence-corrected chi connectivity index (χ0v) is 12.0. The van der Waals surface area contributed by atoms with Gasteiger partial charge in [0.1, 0.15) is 6.04 Å². The van der Waals surface area contributed by atoms with E-state index >= 15 is 0 Å². The first kappa shape index (κ1) is 15.2. The second-order valence-electron chi connectivity index (χ2n) is 4.75. The summed E-state index contributed by atoms with van der Waals surface area (Å²) in [5.74, 6) is -0.217. The number of hydrogen-bond donors (Lipinski definition) is 2. The summed E-state index contributed by atoms with van der Waals surface area (Å²) in [6.45, 7) is 1.32. The predicted octanol–water partition coefficient (Wildman–Crippen LogP) is 0.521. The van der Waals surface area contributed by atoms with Gasteiger partial charge >= 0.3 is 0 Å². The molecule has 3 N–H and O–H groups in total. The molecule has 1 atom stereocenters. The van der Waals surface area contributed by atoms with E-state index in [1.165, 1.54) is 7.11 Å². The van der Waals surface area contributed by atoms with Gasteiger partial charge in [-0.15, -0.1) is 0 Å². The predicted molar refractivity (Wildman–Crippen MR) is 79.5 cm³/mol. The first-order valence-electron chi connectivity index (χ1n) is 6.77. The molecule has 0 aliphatic heterocycles. The Labute approximate surface area is 123 Å². The number of nitrogens with one attached hydrogen (secondary N) is 1. The van der Waals surface area contributed by atoms with Gasteiger partial charge in [0.15, 0.2) is 0 Å². The van der Waals surface area contributed by atoms with Crippen LogP contribution in [0.25, 0.3) is 0 Å². The average Bonchev–Trinajstić information content (AvgIpc) is 2.99. The lowest BCUT2D eigenvalue weighted by molar-refractivity contribution is -0.123. The van der Waals surface area contributed by atoms with Crippen LogP contribution in [0.2, 0.25) is 0 Å². The van der Waals surface area contributed by atoms with Crippen molar-refractivity contribution in [2.75, 3.05) is 13.7 Å². The minimum Gasteiger partial charge on any atom is -0.383 e. The van der Waals surface area contributed by atoms with Crippen LogP contribution in [0, 0.1) is 0 Å². The molecular formula is C15H20N4O2. The molecule has 0 spiro atoms. The van der Waals surface area contributed by atoms with Crippen molar-refractivity contribution in [2.24, 2.45) is 5.73 Å². The van der Waals surface area contributed by atoms with Gasteiger partial charge in [0.2, 0.25) is 5.91 Å². The minimum absolute atomic E-state index is 0.209. The molecule has 1 unspecified atom stereocenters. The number of amides is 1. The number of ether oxygens (including phenoxy) is 1. The van der Waals surface area contributed by atoms with E-state index < -0.39 is 6.04 Å². The molecule has 2 aromatic rings. The van der Waals surface area contributed by atoms with E-state index in [0.29, 0.717) is 13.1 Å². The Hall–Kier alpha value is -2.18. The molecule has 2 rings (SSSR count). The Morgan fingerprint density at radius 3 is 2.81 bits per heavy atom. The lowest BCUT2D eigenvalue weighted by Gasteiger charge is -2.13. The van der Waals surface area contributed by atoms with Gasteiger partial charge in [-0.1, -0.05) is 24.3 Å². The van der Waals surface area contributed by atoms with Crippen molar-refractivity contribution in [1.29, 1.82) is 0 Å². The maximum Gasteiger partial charge on any atom is 0.239 e. The summed E-state index contributed by atoms with van der Waals surface area (Å²) in [4.78, 5) is 11.8. The van der Waals surface area contributed by atoms with E-state index in [0.717, 1.165) is 11.1 Å². The Balaban J connectivity index is 1.98. The van der Waals surface area contributed by atoms with E-state index in [4.69, 9.17) is 10.5 Å². The fourth-order valence-electron chi connectivity index (χ4n) is 2.02. The molecule has 6 nitrogen and oxygen atoms in total. The van der Waals surface area contributed by atoms with E-state index in [1.54, 1.807) is 6.20 Å². The molecule has 1 aromatic heterocycles. The SMILES string of the molecule is COCC(N)C(=O)NCc1ccccc1Cn1cccn1. The van der Waals surface area contributed by atoms with Gasteiger partial charge in [-0.05, 0) is 17.2 Å². The molecule has 6 heteroatoms. The number of hydrogen-bond acceptors (Lipinski definition) is 4. The second-order valence-corrected chi connectivity index (χ2v) is 4.75. The molecule has 0 aliphatic carbocycles. The van der Waals surface area contributed by atoms with Gasteiger partial charge in [-0.3, -0.25) is 9.48 Å². The van der Waals surface area contributed by atoms with Gasteiger partial charge < -0.3 is 15.8 Å². The minimum atomic E-state index is -0.645. The molecule has 1 aromatic carbocycles. The fraction of sp³-hybridized carbons (Fsp3) is 0.333. The number of nitrogens with two attached hydrogens (primary N) is 1. The van der Waals surface area contributed by atoms with Crippen molar-refractivity contribution in [3.63, 3.8) is 0 Å². The number of methoxy groups -OCH3 is 1. The summed E-state index contributed by atoms with van der Waals surface area (Å²) in [6, 6.07) is 9.17. The summed E-state index contributed by atoms with van der Waals surface area (Å²) in [5.41, 5.74) is 7.85. The monoisotopic (exact) mass is 288 g/mol. The third kappa shape index (κ3) is 4.40. The highest BCUT2D eigenvalue weighted by atomic mass is 16.5. The van der Waals surface area contributed by atoms with Gasteiger partial charge in [0, 0.05) is 26.0 Å². The number of nitrogens with zero attached hydrogens (tertiary/aromatic N) is 2. The number of carbonyl (C=O) groups excluding carboxylic acids is 1. The normalized spacial score (nSPS) is 12.1. The number of aromatic nitrogens is 2. The van der Waals surface area contributed by atoms with Gasteiger partial charge in [0.05, 0.1) is 13.2 Å². The Morgan fingerprint density at radius 2 is 2.14 bits per heavy atom. The van der Waals surface area contributed by atoms with Crippen molar-refractivity contribution >= 4 is 5.91 Å². The van der Waals surface area contributed by atoms with Crippen LogP contribution in [0.5, 0.6) is 0 Å². The van der Waals surface area contributed by atoms with E-state index in [2.05, 4.69) is 10.4 Å². The summed E-state index contributed by atoms with van der Waals surface area (Å²) >= 11 is 0. The second kappa shape index (κ2) is 7.56. The molecule has 1 amide bonds. The maximum absolute atomic E-state index is 11.8. The zero-order chi connectivity index (χ0) is 15.1. The number of carbonyl (C=O) groups is 1. The third-order valence-corrected chi connectivity index (χ3v) is 3.15. The molecule has 21 heavy (non-hydrogen) atoms. The molecular weight excluding hydrogens is 268 g/mol. The number of rotatable bonds is 7. The fourth-order valence-corrected chi connectivity index (χ4v) is 2.02. The lowest BCUT2D eigenvalue weighted by atomic mass is 10.1. The smallest absolute Gasteiger partial charge is 0.239 e. The first-order valence-corrected chi connectivity index (χ1v) is 6.77. The molecule has 112 valence electrons. The summed E-state index contributed by atoms with van der Waals surface area (Å²) < 4.78 is 6.72. The maximum atomic E-state index is 11.8. The van der Waals surface area contributed by atoms with Crippen molar-refractivity contribution in [2.45, 2.75) is 19.1 Å². The van der Waals surface area contributed by atoms with Crippen molar-refractivity contribution in [1.82, 2.24) is 15.1 Å². The van der Waals surface area contributed by atoms with Crippen LogP contribution in [0.4, 0.5) is 0 Å². The molecule has 0 radical (unpaired) electrons. The first-order chi connectivity index (χ1) is 10.2. The molecule has 0 saturated carbocycles. The van der Waals surface area contributed by atoms with Crippen LogP contribution >= 0.6 is 0 Å². The van der Waals surface area contributed by atoms with Gasteiger partial charge in [0.25, 0.3) is 0 Å². The highest BCUT2D eigenvalue weighted by Crippen LogP contribution is 2.10. The summed E-state index contributed by atoms with van der Waals surface area (Å²) in [5, 5.41) is 7.02. The zero-order valence-electron chi connectivity index (χ0n) is 12.0. The van der Waals surface area contributed by atoms with Crippen LogP contribution in [0.1, 0.15) is 11.1 Å². The highest BCUT2D eigenvalue weighted by molar-refractivity contribution is 5.81. The third-order valence-electron chi connectivity index (χ3n) is 3.15. The van der Waals surface area contributed by atoms with Crippen LogP contribution in [-0.4, -0.2) is 35.4 Å². The molecule has 0 saturated heterocycles. The standard InChI is InChI=1S/C15H20N4O2/c1-21-11-14(16)15(20)17-9-12-5-2-3-6-13(12)10-19-8-4-7-18-19/h2-8,14H,9-11,16H2,1H3,(H,17,20). The van der Waals surface area contributed by atoms with E-state index in [9.17, 15) is 4.79 Å². The van der Waals surface area contributed by atoms with Gasteiger partial charge in [-0.2, -0.15) is 5.10 Å². The summed E-state index contributed by atoms with van der Waals surface area (Å²) in [7, 11) is 1.52. The van der Waals surface area contributed by atoms with E-state index in [-0.39, 0.29) is 12.5 Å². The van der Waals surface area contributed by atoms with Gasteiger partial charge in [-0.25, -0.2) is 0 Å². The quantitative estimate of drug-likeness (QED) is 0.778. The molecule has 0 aliphatic rings. The average molecular weight is 288 g/mol. The Bertz CT molecular complexity index is 569. The topological polar surface area (TPSA) is 82.2 Å². The van der Waals surface area contributed by atoms with Crippen LogP contribution in [0.3, 0.4) is 0 Å². The highest BCUT2D eigenvalue weighted by Gasteiger charge is 2.13.